The second-order valence-corrected chi connectivity index (χ2v) is 4.85. The molecule has 0 saturated carbocycles. The fourth-order valence-electron chi connectivity index (χ4n) is 1.91. The third kappa shape index (κ3) is 3.16. The number of nitrogens with zero attached hydrogens (tertiary/aromatic N) is 4. The molecule has 20 heavy (non-hydrogen) atoms. The van der Waals surface area contributed by atoms with Gasteiger partial charge in [0.25, 0.3) is 0 Å². The van der Waals surface area contributed by atoms with Crippen LogP contribution in [-0.2, 0) is 19.4 Å². The fourth-order valence-corrected chi connectivity index (χ4v) is 2.08. The lowest BCUT2D eigenvalue weighted by molar-refractivity contribution is 0.699. The molecule has 2 aromatic rings. The van der Waals surface area contributed by atoms with Crippen molar-refractivity contribution in [3.63, 3.8) is 0 Å². The van der Waals surface area contributed by atoms with Crippen LogP contribution in [0.25, 0.3) is 5.82 Å². The Morgan fingerprint density at radius 1 is 1.15 bits per heavy atom. The summed E-state index contributed by atoms with van der Waals surface area (Å²) in [6, 6.07) is 3.74. The minimum atomic E-state index is 0.653. The first-order valence-electron chi connectivity index (χ1n) is 7.00. The molecule has 0 aromatic carbocycles. The number of nitrogens with one attached hydrogen (secondary N) is 1. The van der Waals surface area contributed by atoms with Gasteiger partial charge < -0.3 is 5.32 Å². The molecule has 0 aliphatic heterocycles. The molecule has 0 amide bonds. The molecule has 0 fully saturated rings. The Hall–Kier alpha value is -1.46. The molecule has 2 aromatic heterocycles. The van der Waals surface area contributed by atoms with Crippen LogP contribution in [0.3, 0.4) is 0 Å². The maximum atomic E-state index is 6.18. The predicted molar refractivity (Wildman–Crippen MR) is 80.3 cm³/mol. The van der Waals surface area contributed by atoms with Gasteiger partial charge in [0.2, 0.25) is 0 Å². The molecule has 2 rings (SSSR count). The van der Waals surface area contributed by atoms with Crippen LogP contribution >= 0.6 is 11.6 Å². The normalized spacial score (nSPS) is 11.0. The van der Waals surface area contributed by atoms with Crippen LogP contribution in [0.2, 0.25) is 5.02 Å². The number of hydrogen-bond acceptors (Lipinski definition) is 4. The van der Waals surface area contributed by atoms with Gasteiger partial charge in [-0.25, -0.2) is 9.97 Å². The number of aromatic nitrogens is 4. The summed E-state index contributed by atoms with van der Waals surface area (Å²) in [4.78, 5) is 9.10. The molecule has 0 saturated heterocycles. The summed E-state index contributed by atoms with van der Waals surface area (Å²) >= 11 is 6.18. The van der Waals surface area contributed by atoms with Gasteiger partial charge in [-0.2, -0.15) is 4.68 Å². The Balaban J connectivity index is 2.39. The summed E-state index contributed by atoms with van der Waals surface area (Å²) in [5.41, 5.74) is 0.835. The van der Waals surface area contributed by atoms with Crippen molar-refractivity contribution >= 4 is 11.6 Å². The number of pyridine rings is 1. The van der Waals surface area contributed by atoms with Crippen LogP contribution in [0.1, 0.15) is 38.1 Å². The van der Waals surface area contributed by atoms with Crippen molar-refractivity contribution in [2.24, 2.45) is 0 Å². The quantitative estimate of drug-likeness (QED) is 0.889. The first-order valence-corrected chi connectivity index (χ1v) is 7.38. The SMILES string of the molecule is CCNCc1nc(-n2nc(CC)nc2CC)ccc1Cl. The van der Waals surface area contributed by atoms with Crippen LogP contribution in [0.4, 0.5) is 0 Å². The zero-order valence-corrected chi connectivity index (χ0v) is 12.9. The van der Waals surface area contributed by atoms with Crippen LogP contribution in [-0.4, -0.2) is 26.3 Å². The van der Waals surface area contributed by atoms with Crippen LogP contribution in [0, 0.1) is 0 Å². The maximum absolute atomic E-state index is 6.18. The number of hydrogen-bond donors (Lipinski definition) is 1. The molecule has 0 atom stereocenters. The molecule has 0 spiro atoms. The molecule has 0 aliphatic rings. The number of rotatable bonds is 6. The summed E-state index contributed by atoms with van der Waals surface area (Å²) in [5, 5.41) is 8.41. The first-order chi connectivity index (χ1) is 9.69. The van der Waals surface area contributed by atoms with E-state index in [0.717, 1.165) is 42.5 Å². The average molecular weight is 294 g/mol. The van der Waals surface area contributed by atoms with Gasteiger partial charge >= 0.3 is 0 Å². The Morgan fingerprint density at radius 3 is 2.60 bits per heavy atom. The lowest BCUT2D eigenvalue weighted by Gasteiger charge is -2.08. The third-order valence-electron chi connectivity index (χ3n) is 3.01. The zero-order valence-electron chi connectivity index (χ0n) is 12.1. The third-order valence-corrected chi connectivity index (χ3v) is 3.36. The van der Waals surface area contributed by atoms with Crippen LogP contribution in [0.15, 0.2) is 12.1 Å². The van der Waals surface area contributed by atoms with Crippen molar-refractivity contribution in [1.29, 1.82) is 0 Å². The van der Waals surface area contributed by atoms with Gasteiger partial charge in [0, 0.05) is 19.4 Å². The van der Waals surface area contributed by atoms with Gasteiger partial charge in [0.05, 0.1) is 10.7 Å². The topological polar surface area (TPSA) is 55.6 Å². The fraction of sp³-hybridized carbons (Fsp3) is 0.500. The predicted octanol–water partition coefficient (Wildman–Crippen LogP) is 2.55. The standard InChI is InChI=1S/C14H20ClN5/c1-4-12-18-13(5-2)20(19-12)14-8-7-10(15)11(17-14)9-16-6-3/h7-8,16H,4-6,9H2,1-3H3. The molecular weight excluding hydrogens is 274 g/mol. The Bertz CT molecular complexity index is 579. The summed E-state index contributed by atoms with van der Waals surface area (Å²) in [5.74, 6) is 2.53. The molecule has 0 unspecified atom stereocenters. The highest BCUT2D eigenvalue weighted by Gasteiger charge is 2.12. The van der Waals surface area contributed by atoms with E-state index in [9.17, 15) is 0 Å². The lowest BCUT2D eigenvalue weighted by Crippen LogP contribution is -2.15. The molecule has 1 N–H and O–H groups in total. The highest BCUT2D eigenvalue weighted by Crippen LogP contribution is 2.17. The largest absolute Gasteiger partial charge is 0.311 e. The molecule has 0 bridgehead atoms. The highest BCUT2D eigenvalue weighted by molar-refractivity contribution is 6.31. The number of halogens is 1. The van der Waals surface area contributed by atoms with E-state index in [1.807, 2.05) is 23.7 Å². The highest BCUT2D eigenvalue weighted by atomic mass is 35.5. The van der Waals surface area contributed by atoms with Crippen molar-refractivity contribution in [3.05, 3.63) is 34.5 Å². The molecule has 108 valence electrons. The van der Waals surface area contributed by atoms with E-state index in [1.165, 1.54) is 0 Å². The summed E-state index contributed by atoms with van der Waals surface area (Å²) in [6.07, 6.45) is 1.64. The van der Waals surface area contributed by atoms with Gasteiger partial charge in [-0.05, 0) is 18.7 Å². The van der Waals surface area contributed by atoms with E-state index in [-0.39, 0.29) is 0 Å². The zero-order chi connectivity index (χ0) is 14.5. The van der Waals surface area contributed by atoms with Crippen molar-refractivity contribution < 1.29 is 0 Å². The van der Waals surface area contributed by atoms with E-state index < -0.39 is 0 Å². The Kier molecular flexibility index (Phi) is 5.09. The Labute approximate surface area is 124 Å². The van der Waals surface area contributed by atoms with Gasteiger partial charge in [0.15, 0.2) is 11.6 Å². The molecular formula is C14H20ClN5. The van der Waals surface area contributed by atoms with Crippen molar-refractivity contribution in [2.75, 3.05) is 6.54 Å². The number of aryl methyl sites for hydroxylation is 2. The minimum absolute atomic E-state index is 0.653. The second-order valence-electron chi connectivity index (χ2n) is 4.44. The van der Waals surface area contributed by atoms with Gasteiger partial charge in [-0.1, -0.05) is 32.4 Å². The summed E-state index contributed by atoms with van der Waals surface area (Å²) in [7, 11) is 0. The molecule has 0 aliphatic carbocycles. The summed E-state index contributed by atoms with van der Waals surface area (Å²) in [6.45, 7) is 7.70. The maximum Gasteiger partial charge on any atom is 0.155 e. The van der Waals surface area contributed by atoms with Crippen molar-refractivity contribution in [2.45, 2.75) is 40.2 Å². The monoisotopic (exact) mass is 293 g/mol. The Morgan fingerprint density at radius 2 is 1.95 bits per heavy atom. The van der Waals surface area contributed by atoms with Gasteiger partial charge in [-0.15, -0.1) is 5.10 Å². The first kappa shape index (κ1) is 14.9. The van der Waals surface area contributed by atoms with E-state index in [2.05, 4.69) is 34.2 Å². The van der Waals surface area contributed by atoms with Crippen LogP contribution < -0.4 is 5.32 Å². The molecule has 2 heterocycles. The van der Waals surface area contributed by atoms with E-state index in [0.29, 0.717) is 11.6 Å². The van der Waals surface area contributed by atoms with Crippen LogP contribution in [0.5, 0.6) is 0 Å². The smallest absolute Gasteiger partial charge is 0.155 e. The van der Waals surface area contributed by atoms with E-state index in [4.69, 9.17) is 11.6 Å². The van der Waals surface area contributed by atoms with E-state index in [1.54, 1.807) is 0 Å². The molecule has 6 heteroatoms. The molecule has 0 radical (unpaired) electrons. The minimum Gasteiger partial charge on any atom is -0.311 e. The lowest BCUT2D eigenvalue weighted by atomic mass is 10.3. The second kappa shape index (κ2) is 6.81. The van der Waals surface area contributed by atoms with Crippen molar-refractivity contribution in [3.8, 4) is 5.82 Å². The van der Waals surface area contributed by atoms with Gasteiger partial charge in [-0.3, -0.25) is 0 Å². The molecule has 5 nitrogen and oxygen atoms in total. The van der Waals surface area contributed by atoms with Crippen molar-refractivity contribution in [1.82, 2.24) is 25.1 Å². The average Bonchev–Trinajstić information content (AvgIpc) is 2.90. The van der Waals surface area contributed by atoms with Gasteiger partial charge in [0.1, 0.15) is 5.82 Å². The van der Waals surface area contributed by atoms with E-state index >= 15 is 0 Å². The summed E-state index contributed by atoms with van der Waals surface area (Å²) < 4.78 is 1.81.